The van der Waals surface area contributed by atoms with Crippen molar-refractivity contribution in [1.29, 1.82) is 0 Å². The first-order chi connectivity index (χ1) is 12.2. The highest BCUT2D eigenvalue weighted by atomic mass is 16.4. The average molecular weight is 331 g/mol. The highest BCUT2D eigenvalue weighted by Gasteiger charge is 2.11. The molecule has 0 aliphatic carbocycles. The molecule has 0 radical (unpaired) electrons. The predicted molar refractivity (Wildman–Crippen MR) is 96.1 cm³/mol. The molecule has 0 aliphatic heterocycles. The van der Waals surface area contributed by atoms with Crippen LogP contribution >= 0.6 is 0 Å². The number of nitrogens with one attached hydrogen (secondary N) is 1. The molecule has 0 saturated heterocycles. The van der Waals surface area contributed by atoms with E-state index in [1.807, 2.05) is 50.2 Å². The Bertz CT molecular complexity index is 1010. The smallest absolute Gasteiger partial charge is 0.213 e. The summed E-state index contributed by atoms with van der Waals surface area (Å²) in [5.41, 5.74) is 2.65. The molecule has 4 rings (SSSR count). The lowest BCUT2D eigenvalue weighted by atomic mass is 10.2. The molecule has 0 saturated carbocycles. The molecular weight excluding hydrogens is 314 g/mol. The van der Waals surface area contributed by atoms with Crippen LogP contribution in [0.3, 0.4) is 0 Å². The number of benzene rings is 1. The molecule has 0 unspecified atom stereocenters. The van der Waals surface area contributed by atoms with Gasteiger partial charge in [-0.15, -0.1) is 0 Å². The standard InChI is InChI=1S/C19H17N5O/c1-12-13(2)25-17(22-12)11-21-19-15-7-3-4-8-16(15)23-18(24-19)14-6-5-9-20-10-14/h3-10H,11H2,1-2H3,(H,21,23,24). The summed E-state index contributed by atoms with van der Waals surface area (Å²) in [5, 5.41) is 4.28. The molecule has 0 atom stereocenters. The first-order valence-corrected chi connectivity index (χ1v) is 8.04. The number of rotatable bonds is 4. The van der Waals surface area contributed by atoms with Crippen LogP contribution in [0.15, 0.2) is 53.2 Å². The fourth-order valence-electron chi connectivity index (χ4n) is 2.61. The Morgan fingerprint density at radius 1 is 1.00 bits per heavy atom. The number of aromatic nitrogens is 4. The minimum Gasteiger partial charge on any atom is -0.444 e. The predicted octanol–water partition coefficient (Wildman–Crippen LogP) is 3.91. The maximum absolute atomic E-state index is 5.64. The number of aryl methyl sites for hydroxylation is 2. The van der Waals surface area contributed by atoms with E-state index >= 15 is 0 Å². The van der Waals surface area contributed by atoms with Gasteiger partial charge < -0.3 is 9.73 Å². The van der Waals surface area contributed by atoms with Gasteiger partial charge in [-0.05, 0) is 38.1 Å². The van der Waals surface area contributed by atoms with Gasteiger partial charge in [0.2, 0.25) is 5.89 Å². The number of hydrogen-bond donors (Lipinski definition) is 1. The van der Waals surface area contributed by atoms with Gasteiger partial charge in [0.05, 0.1) is 17.8 Å². The van der Waals surface area contributed by atoms with Gasteiger partial charge in [-0.2, -0.15) is 0 Å². The molecule has 0 bridgehead atoms. The Kier molecular flexibility index (Phi) is 3.85. The molecule has 3 heterocycles. The maximum atomic E-state index is 5.64. The summed E-state index contributed by atoms with van der Waals surface area (Å²) in [5.74, 6) is 2.85. The van der Waals surface area contributed by atoms with Crippen molar-refractivity contribution in [3.05, 3.63) is 66.1 Å². The molecule has 1 aromatic carbocycles. The van der Waals surface area contributed by atoms with E-state index in [2.05, 4.69) is 25.3 Å². The molecule has 6 heteroatoms. The van der Waals surface area contributed by atoms with Crippen LogP contribution in [0, 0.1) is 13.8 Å². The third kappa shape index (κ3) is 3.06. The van der Waals surface area contributed by atoms with Crippen molar-refractivity contribution in [3.8, 4) is 11.4 Å². The number of fused-ring (bicyclic) bond motifs is 1. The molecule has 0 amide bonds. The fraction of sp³-hybridized carbons (Fsp3) is 0.158. The Hall–Kier alpha value is -3.28. The molecular formula is C19H17N5O. The summed E-state index contributed by atoms with van der Waals surface area (Å²) in [4.78, 5) is 17.9. The number of nitrogens with zero attached hydrogens (tertiary/aromatic N) is 4. The van der Waals surface area contributed by atoms with Crippen molar-refractivity contribution >= 4 is 16.7 Å². The van der Waals surface area contributed by atoms with E-state index in [1.54, 1.807) is 12.4 Å². The highest BCUT2D eigenvalue weighted by molar-refractivity contribution is 5.90. The molecule has 1 N–H and O–H groups in total. The average Bonchev–Trinajstić information content (AvgIpc) is 2.98. The topological polar surface area (TPSA) is 76.7 Å². The van der Waals surface area contributed by atoms with E-state index in [0.717, 1.165) is 33.7 Å². The van der Waals surface area contributed by atoms with Gasteiger partial charge in [0.25, 0.3) is 0 Å². The van der Waals surface area contributed by atoms with E-state index < -0.39 is 0 Å². The van der Waals surface area contributed by atoms with Gasteiger partial charge in [-0.1, -0.05) is 12.1 Å². The van der Waals surface area contributed by atoms with Crippen LogP contribution in [0.1, 0.15) is 17.3 Å². The minimum absolute atomic E-state index is 0.460. The summed E-state index contributed by atoms with van der Waals surface area (Å²) in [7, 11) is 0. The zero-order valence-electron chi connectivity index (χ0n) is 14.0. The van der Waals surface area contributed by atoms with E-state index in [-0.39, 0.29) is 0 Å². The third-order valence-electron chi connectivity index (χ3n) is 4.00. The van der Waals surface area contributed by atoms with Crippen LogP contribution in [0.25, 0.3) is 22.3 Å². The summed E-state index contributed by atoms with van der Waals surface area (Å²) in [6.45, 7) is 4.30. The number of anilines is 1. The van der Waals surface area contributed by atoms with E-state index in [4.69, 9.17) is 4.42 Å². The van der Waals surface area contributed by atoms with Crippen molar-refractivity contribution < 1.29 is 4.42 Å². The maximum Gasteiger partial charge on any atom is 0.213 e. The van der Waals surface area contributed by atoms with Crippen LogP contribution in [0.4, 0.5) is 5.82 Å². The highest BCUT2D eigenvalue weighted by Crippen LogP contribution is 2.25. The molecule has 4 aromatic rings. The summed E-state index contributed by atoms with van der Waals surface area (Å²) >= 11 is 0. The normalized spacial score (nSPS) is 11.0. The first kappa shape index (κ1) is 15.3. The zero-order valence-corrected chi connectivity index (χ0v) is 14.0. The molecule has 0 fully saturated rings. The quantitative estimate of drug-likeness (QED) is 0.611. The minimum atomic E-state index is 0.460. The van der Waals surface area contributed by atoms with Crippen molar-refractivity contribution in [3.63, 3.8) is 0 Å². The number of para-hydroxylation sites is 1. The zero-order chi connectivity index (χ0) is 17.2. The van der Waals surface area contributed by atoms with Crippen molar-refractivity contribution in [2.75, 3.05) is 5.32 Å². The van der Waals surface area contributed by atoms with E-state index in [1.165, 1.54) is 0 Å². The number of oxazole rings is 1. The summed E-state index contributed by atoms with van der Waals surface area (Å²) < 4.78 is 5.64. The van der Waals surface area contributed by atoms with Gasteiger partial charge in [-0.3, -0.25) is 4.98 Å². The van der Waals surface area contributed by atoms with Crippen molar-refractivity contribution in [2.24, 2.45) is 0 Å². The second-order valence-corrected chi connectivity index (χ2v) is 5.76. The van der Waals surface area contributed by atoms with Gasteiger partial charge in [0.1, 0.15) is 11.6 Å². The van der Waals surface area contributed by atoms with Crippen molar-refractivity contribution in [1.82, 2.24) is 19.9 Å². The molecule has 6 nitrogen and oxygen atoms in total. The lowest BCUT2D eigenvalue weighted by Gasteiger charge is -2.09. The van der Waals surface area contributed by atoms with Gasteiger partial charge >= 0.3 is 0 Å². The summed E-state index contributed by atoms with van der Waals surface area (Å²) in [6.07, 6.45) is 3.49. The number of pyridine rings is 1. The van der Waals surface area contributed by atoms with Gasteiger partial charge in [0.15, 0.2) is 5.82 Å². The van der Waals surface area contributed by atoms with Gasteiger partial charge in [-0.25, -0.2) is 15.0 Å². The van der Waals surface area contributed by atoms with Crippen LogP contribution in [0.5, 0.6) is 0 Å². The van der Waals surface area contributed by atoms with Crippen LogP contribution in [-0.2, 0) is 6.54 Å². The Labute approximate surface area is 145 Å². The van der Waals surface area contributed by atoms with Crippen LogP contribution in [0.2, 0.25) is 0 Å². The molecule has 25 heavy (non-hydrogen) atoms. The molecule has 0 aliphatic rings. The lowest BCUT2D eigenvalue weighted by Crippen LogP contribution is -2.04. The summed E-state index contributed by atoms with van der Waals surface area (Å²) in [6, 6.07) is 11.7. The number of hydrogen-bond acceptors (Lipinski definition) is 6. The third-order valence-corrected chi connectivity index (χ3v) is 4.00. The first-order valence-electron chi connectivity index (χ1n) is 8.04. The second kappa shape index (κ2) is 6.32. The molecule has 0 spiro atoms. The second-order valence-electron chi connectivity index (χ2n) is 5.76. The monoisotopic (exact) mass is 331 g/mol. The van der Waals surface area contributed by atoms with E-state index in [9.17, 15) is 0 Å². The Morgan fingerprint density at radius 2 is 1.88 bits per heavy atom. The van der Waals surface area contributed by atoms with E-state index in [0.29, 0.717) is 18.3 Å². The Balaban J connectivity index is 1.73. The molecule has 124 valence electrons. The lowest BCUT2D eigenvalue weighted by molar-refractivity contribution is 0.478. The van der Waals surface area contributed by atoms with Gasteiger partial charge in [0, 0.05) is 23.3 Å². The largest absolute Gasteiger partial charge is 0.444 e. The molecule has 3 aromatic heterocycles. The fourth-order valence-corrected chi connectivity index (χ4v) is 2.61. The van der Waals surface area contributed by atoms with Crippen LogP contribution < -0.4 is 5.32 Å². The van der Waals surface area contributed by atoms with Crippen LogP contribution in [-0.4, -0.2) is 19.9 Å². The Morgan fingerprint density at radius 3 is 2.64 bits per heavy atom. The SMILES string of the molecule is Cc1nc(CNc2nc(-c3cccnc3)nc3ccccc23)oc1C. The van der Waals surface area contributed by atoms with Crippen molar-refractivity contribution in [2.45, 2.75) is 20.4 Å².